The van der Waals surface area contributed by atoms with Crippen molar-refractivity contribution >= 4 is 28.7 Å². The van der Waals surface area contributed by atoms with Crippen molar-refractivity contribution in [2.45, 2.75) is 35.9 Å². The van der Waals surface area contributed by atoms with Crippen LogP contribution in [-0.2, 0) is 6.54 Å². The summed E-state index contributed by atoms with van der Waals surface area (Å²) in [6.07, 6.45) is 10.8. The number of fused-ring (bicyclic) bond motifs is 2. The third-order valence-corrected chi connectivity index (χ3v) is 7.06. The van der Waals surface area contributed by atoms with Crippen LogP contribution in [0.1, 0.15) is 24.8 Å². The molecule has 1 saturated heterocycles. The number of anilines is 1. The molecule has 2 aliphatic heterocycles. The standard InChI is InChI=1S/C23H26N6O2S/c1-3-16-11-17-18(31-10-9-30-17)12-19(16)32-23-27-20-21(24)25-14-26-22(20)29(23)8-6-15-5-4-7-28(2)13-15/h1,11-12,14-15H,4-10,13H2,2H3,(H2,24,25,26). The van der Waals surface area contributed by atoms with Crippen molar-refractivity contribution < 1.29 is 9.47 Å². The van der Waals surface area contributed by atoms with Crippen LogP contribution in [0.15, 0.2) is 28.5 Å². The minimum absolute atomic E-state index is 0.382. The summed E-state index contributed by atoms with van der Waals surface area (Å²) in [6.45, 7) is 4.15. The number of hydrogen-bond donors (Lipinski definition) is 1. The van der Waals surface area contributed by atoms with Gasteiger partial charge in [-0.05, 0) is 44.8 Å². The predicted molar refractivity (Wildman–Crippen MR) is 124 cm³/mol. The molecule has 1 fully saturated rings. The van der Waals surface area contributed by atoms with Crippen molar-refractivity contribution in [3.8, 4) is 23.8 Å². The Hall–Kier alpha value is -2.96. The van der Waals surface area contributed by atoms with Gasteiger partial charge in [-0.25, -0.2) is 15.0 Å². The highest BCUT2D eigenvalue weighted by Crippen LogP contribution is 2.40. The van der Waals surface area contributed by atoms with E-state index in [1.807, 2.05) is 12.1 Å². The van der Waals surface area contributed by atoms with E-state index in [4.69, 9.17) is 26.6 Å². The minimum atomic E-state index is 0.382. The van der Waals surface area contributed by atoms with Gasteiger partial charge in [0, 0.05) is 29.6 Å². The number of hydrogen-bond acceptors (Lipinski definition) is 8. The van der Waals surface area contributed by atoms with E-state index in [-0.39, 0.29) is 0 Å². The van der Waals surface area contributed by atoms with E-state index in [9.17, 15) is 0 Å². The van der Waals surface area contributed by atoms with Crippen LogP contribution in [0.25, 0.3) is 11.2 Å². The molecule has 0 aliphatic carbocycles. The number of benzene rings is 1. The average Bonchev–Trinajstić information content (AvgIpc) is 3.15. The second kappa shape index (κ2) is 8.88. The van der Waals surface area contributed by atoms with Gasteiger partial charge in [-0.2, -0.15) is 0 Å². The predicted octanol–water partition coefficient (Wildman–Crippen LogP) is 3.04. The van der Waals surface area contributed by atoms with Gasteiger partial charge in [-0.15, -0.1) is 6.42 Å². The molecule has 1 atom stereocenters. The smallest absolute Gasteiger partial charge is 0.175 e. The second-order valence-corrected chi connectivity index (χ2v) is 9.28. The lowest BCUT2D eigenvalue weighted by Gasteiger charge is -2.29. The topological polar surface area (TPSA) is 91.3 Å². The molecule has 4 heterocycles. The molecule has 9 heteroatoms. The van der Waals surface area contributed by atoms with Crippen LogP contribution in [0.5, 0.6) is 11.5 Å². The van der Waals surface area contributed by atoms with Gasteiger partial charge in [-0.3, -0.25) is 0 Å². The number of imidazole rings is 1. The first kappa shape index (κ1) is 20.9. The van der Waals surface area contributed by atoms with E-state index in [0.29, 0.717) is 42.0 Å². The molecule has 0 spiro atoms. The molecule has 32 heavy (non-hydrogen) atoms. The zero-order valence-corrected chi connectivity index (χ0v) is 18.9. The molecule has 2 N–H and O–H groups in total. The molecule has 0 amide bonds. The van der Waals surface area contributed by atoms with E-state index in [0.717, 1.165) is 40.8 Å². The third-order valence-electron chi connectivity index (χ3n) is 6.01. The normalized spacial score (nSPS) is 18.6. The first-order valence-electron chi connectivity index (χ1n) is 10.9. The van der Waals surface area contributed by atoms with Crippen LogP contribution < -0.4 is 15.2 Å². The van der Waals surface area contributed by atoms with Gasteiger partial charge in [0.15, 0.2) is 33.6 Å². The summed E-state index contributed by atoms with van der Waals surface area (Å²) in [5, 5.41) is 0.796. The molecule has 0 radical (unpaired) electrons. The number of likely N-dealkylation sites (tertiary alicyclic amines) is 1. The van der Waals surface area contributed by atoms with Gasteiger partial charge in [-0.1, -0.05) is 17.7 Å². The first-order valence-corrected chi connectivity index (χ1v) is 11.7. The molecule has 2 aromatic heterocycles. The van der Waals surface area contributed by atoms with E-state index >= 15 is 0 Å². The van der Waals surface area contributed by atoms with Gasteiger partial charge >= 0.3 is 0 Å². The van der Waals surface area contributed by atoms with Crippen molar-refractivity contribution in [2.75, 3.05) is 39.1 Å². The lowest BCUT2D eigenvalue weighted by Crippen LogP contribution is -2.32. The summed E-state index contributed by atoms with van der Waals surface area (Å²) in [5.74, 6) is 5.18. The van der Waals surface area contributed by atoms with Gasteiger partial charge in [0.05, 0.1) is 0 Å². The maximum absolute atomic E-state index is 6.12. The van der Waals surface area contributed by atoms with Gasteiger partial charge in [0.1, 0.15) is 19.5 Å². The number of aromatic nitrogens is 4. The number of nitrogens with two attached hydrogens (primary N) is 1. The van der Waals surface area contributed by atoms with Crippen LogP contribution in [0.2, 0.25) is 0 Å². The number of rotatable bonds is 5. The molecule has 3 aromatic rings. The van der Waals surface area contributed by atoms with Crippen molar-refractivity contribution in [1.82, 2.24) is 24.4 Å². The molecule has 0 saturated carbocycles. The summed E-state index contributed by atoms with van der Waals surface area (Å²) in [5.41, 5.74) is 8.24. The summed E-state index contributed by atoms with van der Waals surface area (Å²) < 4.78 is 13.6. The Morgan fingerprint density at radius 2 is 2.06 bits per heavy atom. The third kappa shape index (κ3) is 4.08. The summed E-state index contributed by atoms with van der Waals surface area (Å²) >= 11 is 1.50. The number of piperidine rings is 1. The lowest BCUT2D eigenvalue weighted by atomic mass is 9.95. The van der Waals surface area contributed by atoms with Gasteiger partial charge in [0.25, 0.3) is 0 Å². The van der Waals surface area contributed by atoms with E-state index in [1.165, 1.54) is 37.5 Å². The molecular weight excluding hydrogens is 424 g/mol. The van der Waals surface area contributed by atoms with E-state index < -0.39 is 0 Å². The fourth-order valence-corrected chi connectivity index (χ4v) is 5.42. The Morgan fingerprint density at radius 3 is 2.84 bits per heavy atom. The summed E-state index contributed by atoms with van der Waals surface area (Å²) in [4.78, 5) is 16.7. The Morgan fingerprint density at radius 1 is 1.25 bits per heavy atom. The number of nitrogen functional groups attached to an aromatic ring is 1. The number of aryl methyl sites for hydroxylation is 1. The number of nitrogens with zero attached hydrogens (tertiary/aromatic N) is 5. The number of terminal acetylenes is 1. The van der Waals surface area contributed by atoms with Crippen LogP contribution in [-0.4, -0.2) is 57.8 Å². The van der Waals surface area contributed by atoms with Gasteiger partial charge < -0.3 is 24.7 Å². The quantitative estimate of drug-likeness (QED) is 0.593. The second-order valence-electron chi connectivity index (χ2n) is 8.27. The van der Waals surface area contributed by atoms with E-state index in [1.54, 1.807) is 0 Å². The molecule has 1 aromatic carbocycles. The summed E-state index contributed by atoms with van der Waals surface area (Å²) in [7, 11) is 2.19. The van der Waals surface area contributed by atoms with Crippen LogP contribution in [0, 0.1) is 18.3 Å². The Bertz CT molecular complexity index is 1190. The minimum Gasteiger partial charge on any atom is -0.486 e. The van der Waals surface area contributed by atoms with E-state index in [2.05, 4.69) is 32.4 Å². The zero-order valence-electron chi connectivity index (χ0n) is 18.1. The van der Waals surface area contributed by atoms with Crippen LogP contribution in [0.3, 0.4) is 0 Å². The zero-order chi connectivity index (χ0) is 22.1. The highest BCUT2D eigenvalue weighted by Gasteiger charge is 2.22. The molecule has 2 aliphatic rings. The maximum Gasteiger partial charge on any atom is 0.175 e. The monoisotopic (exact) mass is 450 g/mol. The van der Waals surface area contributed by atoms with Crippen LogP contribution in [0.4, 0.5) is 5.82 Å². The number of ether oxygens (including phenoxy) is 2. The SMILES string of the molecule is C#Cc1cc2c(cc1Sc1nc3c(N)ncnc3n1CCC1CCCN(C)C1)OCCO2. The van der Waals surface area contributed by atoms with Crippen molar-refractivity contribution in [1.29, 1.82) is 0 Å². The molecule has 8 nitrogen and oxygen atoms in total. The van der Waals surface area contributed by atoms with Gasteiger partial charge in [0.2, 0.25) is 0 Å². The lowest BCUT2D eigenvalue weighted by molar-refractivity contribution is 0.171. The maximum atomic E-state index is 6.12. The fraction of sp³-hybridized carbons (Fsp3) is 0.435. The molecule has 5 rings (SSSR count). The average molecular weight is 451 g/mol. The highest BCUT2D eigenvalue weighted by atomic mass is 32.2. The largest absolute Gasteiger partial charge is 0.486 e. The molecule has 166 valence electrons. The Labute approximate surface area is 191 Å². The Kier molecular flexibility index (Phi) is 5.81. The molecule has 1 unspecified atom stereocenters. The van der Waals surface area contributed by atoms with Crippen LogP contribution >= 0.6 is 11.8 Å². The van der Waals surface area contributed by atoms with Crippen molar-refractivity contribution in [3.05, 3.63) is 24.0 Å². The fourth-order valence-electron chi connectivity index (χ4n) is 4.40. The Balaban J connectivity index is 1.49. The molecule has 0 bridgehead atoms. The summed E-state index contributed by atoms with van der Waals surface area (Å²) in [6, 6.07) is 3.79. The highest BCUT2D eigenvalue weighted by molar-refractivity contribution is 7.99. The first-order chi connectivity index (χ1) is 15.6. The molecular formula is C23H26N6O2S. The van der Waals surface area contributed by atoms with Crippen molar-refractivity contribution in [2.24, 2.45) is 5.92 Å². The van der Waals surface area contributed by atoms with Crippen molar-refractivity contribution in [3.63, 3.8) is 0 Å².